The molecule has 0 heterocycles. The summed E-state index contributed by atoms with van der Waals surface area (Å²) in [7, 11) is 0. The summed E-state index contributed by atoms with van der Waals surface area (Å²) >= 11 is 7.22. The lowest BCUT2D eigenvalue weighted by Crippen LogP contribution is -1.92. The Balaban J connectivity index is 1.75. The maximum Gasteiger partial charge on any atom is 0.0483 e. The first-order valence-electron chi connectivity index (χ1n) is 7.55. The highest BCUT2D eigenvalue weighted by Crippen LogP contribution is 2.33. The fraction of sp³-hybridized carbons (Fsp3) is 0. The number of hydrogen-bond donors (Lipinski definition) is 2. The normalized spacial score (nSPS) is 11.1. The molecule has 3 N–H and O–H groups in total. The molecule has 0 saturated carbocycles. The zero-order valence-corrected chi connectivity index (χ0v) is 15.9. The SMILES string of the molecule is Nc1ccc2cc(Nc3cc(Br)c4ccccc4c3)ccc2c1Br. The molecular formula is C20H14Br2N2. The molecule has 0 spiro atoms. The van der Waals surface area contributed by atoms with Gasteiger partial charge in [-0.05, 0) is 67.8 Å². The predicted molar refractivity (Wildman–Crippen MR) is 111 cm³/mol. The number of benzene rings is 4. The predicted octanol–water partition coefficient (Wildman–Crippen LogP) is 6.84. The Hall–Kier alpha value is -2.04. The van der Waals surface area contributed by atoms with Gasteiger partial charge in [0.15, 0.2) is 0 Å². The van der Waals surface area contributed by atoms with Crippen molar-refractivity contribution in [1.82, 2.24) is 0 Å². The minimum Gasteiger partial charge on any atom is -0.398 e. The van der Waals surface area contributed by atoms with E-state index in [0.29, 0.717) is 0 Å². The number of rotatable bonds is 2. The van der Waals surface area contributed by atoms with Crippen LogP contribution in [0.4, 0.5) is 17.1 Å². The summed E-state index contributed by atoms with van der Waals surface area (Å²) in [4.78, 5) is 0. The van der Waals surface area contributed by atoms with Crippen molar-refractivity contribution >= 4 is 70.5 Å². The number of nitrogen functional groups attached to an aromatic ring is 1. The van der Waals surface area contributed by atoms with Crippen LogP contribution in [0.15, 0.2) is 75.7 Å². The van der Waals surface area contributed by atoms with Gasteiger partial charge in [0.1, 0.15) is 0 Å². The van der Waals surface area contributed by atoms with Crippen molar-refractivity contribution in [3.05, 3.63) is 75.7 Å². The molecule has 0 saturated heterocycles. The number of fused-ring (bicyclic) bond motifs is 2. The fourth-order valence-electron chi connectivity index (χ4n) is 2.89. The monoisotopic (exact) mass is 440 g/mol. The molecule has 0 unspecified atom stereocenters. The lowest BCUT2D eigenvalue weighted by Gasteiger charge is -2.11. The summed E-state index contributed by atoms with van der Waals surface area (Å²) in [6.07, 6.45) is 0. The van der Waals surface area contributed by atoms with Gasteiger partial charge in [0.25, 0.3) is 0 Å². The second-order valence-corrected chi connectivity index (χ2v) is 7.36. The van der Waals surface area contributed by atoms with Gasteiger partial charge < -0.3 is 11.1 Å². The summed E-state index contributed by atoms with van der Waals surface area (Å²) < 4.78 is 2.03. The van der Waals surface area contributed by atoms with Crippen LogP contribution in [0, 0.1) is 0 Å². The van der Waals surface area contributed by atoms with Crippen molar-refractivity contribution < 1.29 is 0 Å². The van der Waals surface area contributed by atoms with Gasteiger partial charge in [0, 0.05) is 26.0 Å². The molecule has 0 fully saturated rings. The Morgan fingerprint density at radius 3 is 2.33 bits per heavy atom. The first-order chi connectivity index (χ1) is 11.6. The second-order valence-electron chi connectivity index (χ2n) is 5.71. The van der Waals surface area contributed by atoms with Gasteiger partial charge in [-0.1, -0.05) is 52.3 Å². The van der Waals surface area contributed by atoms with E-state index in [9.17, 15) is 0 Å². The van der Waals surface area contributed by atoms with Gasteiger partial charge in [0.05, 0.1) is 0 Å². The number of nitrogens with one attached hydrogen (secondary N) is 1. The molecule has 0 amide bonds. The van der Waals surface area contributed by atoms with E-state index in [0.717, 1.165) is 36.8 Å². The molecule has 4 heteroatoms. The smallest absolute Gasteiger partial charge is 0.0483 e. The minimum absolute atomic E-state index is 0.752. The van der Waals surface area contributed by atoms with E-state index < -0.39 is 0 Å². The van der Waals surface area contributed by atoms with Crippen molar-refractivity contribution in [2.75, 3.05) is 11.1 Å². The zero-order valence-electron chi connectivity index (χ0n) is 12.7. The number of hydrogen-bond acceptors (Lipinski definition) is 2. The van der Waals surface area contributed by atoms with E-state index in [1.165, 1.54) is 10.8 Å². The topological polar surface area (TPSA) is 38.0 Å². The highest BCUT2D eigenvalue weighted by molar-refractivity contribution is 9.11. The number of anilines is 3. The van der Waals surface area contributed by atoms with Crippen LogP contribution in [-0.2, 0) is 0 Å². The zero-order chi connectivity index (χ0) is 16.7. The fourth-order valence-corrected chi connectivity index (χ4v) is 3.99. The molecule has 0 radical (unpaired) electrons. The Morgan fingerprint density at radius 2 is 1.46 bits per heavy atom. The summed E-state index contributed by atoms with van der Waals surface area (Å²) in [5, 5.41) is 8.15. The molecule has 0 aliphatic rings. The van der Waals surface area contributed by atoms with Gasteiger partial charge in [-0.3, -0.25) is 0 Å². The van der Waals surface area contributed by atoms with Crippen LogP contribution in [0.25, 0.3) is 21.5 Å². The van der Waals surface area contributed by atoms with Crippen molar-refractivity contribution in [2.24, 2.45) is 0 Å². The van der Waals surface area contributed by atoms with Gasteiger partial charge in [0.2, 0.25) is 0 Å². The Morgan fingerprint density at radius 1 is 0.708 bits per heavy atom. The summed E-state index contributed by atoms with van der Waals surface area (Å²) in [5.41, 5.74) is 8.79. The maximum absolute atomic E-state index is 5.95. The largest absolute Gasteiger partial charge is 0.398 e. The average molecular weight is 442 g/mol. The molecule has 0 aliphatic carbocycles. The lowest BCUT2D eigenvalue weighted by atomic mass is 10.1. The van der Waals surface area contributed by atoms with Crippen LogP contribution in [-0.4, -0.2) is 0 Å². The van der Waals surface area contributed by atoms with Crippen LogP contribution >= 0.6 is 31.9 Å². The van der Waals surface area contributed by atoms with Crippen LogP contribution in [0.2, 0.25) is 0 Å². The summed E-state index contributed by atoms with van der Waals surface area (Å²) in [5.74, 6) is 0. The minimum atomic E-state index is 0.752. The van der Waals surface area contributed by atoms with Crippen LogP contribution in [0.3, 0.4) is 0 Å². The third-order valence-corrected chi connectivity index (χ3v) is 5.63. The van der Waals surface area contributed by atoms with Crippen molar-refractivity contribution in [2.45, 2.75) is 0 Å². The van der Waals surface area contributed by atoms with Gasteiger partial charge >= 0.3 is 0 Å². The molecule has 0 atom stereocenters. The Labute approximate surface area is 156 Å². The third-order valence-electron chi connectivity index (χ3n) is 4.08. The number of halogens is 2. The average Bonchev–Trinajstić information content (AvgIpc) is 2.58. The molecule has 2 nitrogen and oxygen atoms in total. The van der Waals surface area contributed by atoms with E-state index in [-0.39, 0.29) is 0 Å². The second kappa shape index (κ2) is 6.11. The van der Waals surface area contributed by atoms with E-state index in [1.54, 1.807) is 0 Å². The molecule has 0 aliphatic heterocycles. The summed E-state index contributed by atoms with van der Waals surface area (Å²) in [6, 6.07) is 22.8. The van der Waals surface area contributed by atoms with Crippen molar-refractivity contribution in [1.29, 1.82) is 0 Å². The summed E-state index contributed by atoms with van der Waals surface area (Å²) in [6.45, 7) is 0. The third kappa shape index (κ3) is 2.76. The van der Waals surface area contributed by atoms with E-state index in [1.807, 2.05) is 18.2 Å². The van der Waals surface area contributed by atoms with Gasteiger partial charge in [-0.15, -0.1) is 0 Å². The molecule has 118 valence electrons. The molecule has 0 bridgehead atoms. The highest BCUT2D eigenvalue weighted by atomic mass is 79.9. The maximum atomic E-state index is 5.95. The Bertz CT molecular complexity index is 1070. The molecule has 4 aromatic rings. The van der Waals surface area contributed by atoms with Crippen molar-refractivity contribution in [3.63, 3.8) is 0 Å². The van der Waals surface area contributed by atoms with Crippen LogP contribution in [0.5, 0.6) is 0 Å². The molecule has 0 aromatic heterocycles. The Kier molecular flexibility index (Phi) is 3.94. The lowest BCUT2D eigenvalue weighted by molar-refractivity contribution is 1.57. The van der Waals surface area contributed by atoms with E-state index in [4.69, 9.17) is 5.73 Å². The van der Waals surface area contributed by atoms with Gasteiger partial charge in [-0.25, -0.2) is 0 Å². The quantitative estimate of drug-likeness (QED) is 0.334. The first-order valence-corrected chi connectivity index (χ1v) is 9.13. The van der Waals surface area contributed by atoms with Crippen LogP contribution in [0.1, 0.15) is 0 Å². The van der Waals surface area contributed by atoms with Gasteiger partial charge in [-0.2, -0.15) is 0 Å². The first kappa shape index (κ1) is 15.5. The number of nitrogens with two attached hydrogens (primary N) is 1. The molecule has 4 rings (SSSR count). The van der Waals surface area contributed by atoms with Crippen molar-refractivity contribution in [3.8, 4) is 0 Å². The molecule has 24 heavy (non-hydrogen) atoms. The molecule has 4 aromatic carbocycles. The van der Waals surface area contributed by atoms with E-state index in [2.05, 4.69) is 85.7 Å². The van der Waals surface area contributed by atoms with Crippen LogP contribution < -0.4 is 11.1 Å². The highest BCUT2D eigenvalue weighted by Gasteiger charge is 2.05. The standard InChI is InChI=1S/C20H14Br2N2/c21-18-11-15(10-12-3-1-2-4-16(12)18)24-14-6-7-17-13(9-14)5-8-19(23)20(17)22/h1-11,24H,23H2. The van der Waals surface area contributed by atoms with E-state index >= 15 is 0 Å². The molecular weight excluding hydrogens is 428 g/mol.